The van der Waals surface area contributed by atoms with E-state index in [0.29, 0.717) is 0 Å². The van der Waals surface area contributed by atoms with Gasteiger partial charge >= 0.3 is 0 Å². The highest BCUT2D eigenvalue weighted by Crippen LogP contribution is 2.47. The molecule has 0 fully saturated rings. The summed E-state index contributed by atoms with van der Waals surface area (Å²) in [5, 5.41) is 0. The molecule has 1 aromatic carbocycles. The standard InChI is InChI=1S/C24H34O3/c1-21(2,3)19-15-18(17-13-11-10-12-14-17)16-24(20(19)25,22(4,5)6)27-26-23(7,8)9/h10-16H,1-9H3. The van der Waals surface area contributed by atoms with Gasteiger partial charge in [0.15, 0.2) is 11.4 Å². The third kappa shape index (κ3) is 4.59. The van der Waals surface area contributed by atoms with Crippen LogP contribution >= 0.6 is 0 Å². The van der Waals surface area contributed by atoms with Crippen LogP contribution in [-0.2, 0) is 14.6 Å². The van der Waals surface area contributed by atoms with Gasteiger partial charge in [-0.2, -0.15) is 0 Å². The third-order valence-electron chi connectivity index (χ3n) is 4.69. The van der Waals surface area contributed by atoms with Gasteiger partial charge in [0.25, 0.3) is 0 Å². The molecule has 1 atom stereocenters. The van der Waals surface area contributed by atoms with Crippen LogP contribution in [0.5, 0.6) is 0 Å². The number of ketones is 1. The fraction of sp³-hybridized carbons (Fsp3) is 0.542. The summed E-state index contributed by atoms with van der Waals surface area (Å²) in [6, 6.07) is 10.1. The maximum atomic E-state index is 13.7. The van der Waals surface area contributed by atoms with Crippen molar-refractivity contribution in [3.63, 3.8) is 0 Å². The summed E-state index contributed by atoms with van der Waals surface area (Å²) in [5.74, 6) is -0.0357. The lowest BCUT2D eigenvalue weighted by molar-refractivity contribution is -0.397. The topological polar surface area (TPSA) is 35.5 Å². The zero-order chi connectivity index (χ0) is 20.7. The van der Waals surface area contributed by atoms with E-state index in [9.17, 15) is 4.79 Å². The van der Waals surface area contributed by atoms with Gasteiger partial charge in [0.1, 0.15) is 0 Å². The molecule has 0 aliphatic heterocycles. The molecule has 3 nitrogen and oxygen atoms in total. The van der Waals surface area contributed by atoms with Crippen LogP contribution < -0.4 is 0 Å². The second-order valence-corrected chi connectivity index (χ2v) is 10.4. The number of Topliss-reactive ketones (excluding diaryl/α,β-unsaturated/α-hetero) is 1. The van der Waals surface area contributed by atoms with E-state index >= 15 is 0 Å². The molecule has 1 aromatic rings. The minimum absolute atomic E-state index is 0.0357. The van der Waals surface area contributed by atoms with Gasteiger partial charge in [0.2, 0.25) is 0 Å². The lowest BCUT2D eigenvalue weighted by atomic mass is 9.64. The molecule has 2 rings (SSSR count). The van der Waals surface area contributed by atoms with Gasteiger partial charge < -0.3 is 0 Å². The minimum atomic E-state index is -1.21. The summed E-state index contributed by atoms with van der Waals surface area (Å²) in [6.45, 7) is 18.0. The molecule has 27 heavy (non-hydrogen) atoms. The Labute approximate surface area is 164 Å². The Morgan fingerprint density at radius 2 is 1.41 bits per heavy atom. The summed E-state index contributed by atoms with van der Waals surface area (Å²) < 4.78 is 0. The first-order valence-corrected chi connectivity index (χ1v) is 9.59. The Balaban J connectivity index is 2.71. The average Bonchev–Trinajstić information content (AvgIpc) is 2.51. The molecule has 0 amide bonds. The molecule has 148 valence electrons. The molecule has 3 heteroatoms. The van der Waals surface area contributed by atoms with Crippen LogP contribution in [0.15, 0.2) is 48.1 Å². The van der Waals surface area contributed by atoms with E-state index in [0.717, 1.165) is 16.7 Å². The quantitative estimate of drug-likeness (QED) is 0.472. The van der Waals surface area contributed by atoms with Gasteiger partial charge in [-0.1, -0.05) is 71.9 Å². The maximum absolute atomic E-state index is 13.7. The lowest BCUT2D eigenvalue weighted by Crippen LogP contribution is -2.54. The molecule has 1 aliphatic carbocycles. The third-order valence-corrected chi connectivity index (χ3v) is 4.69. The summed E-state index contributed by atoms with van der Waals surface area (Å²) >= 11 is 0. The highest BCUT2D eigenvalue weighted by molar-refractivity contribution is 6.10. The van der Waals surface area contributed by atoms with E-state index in [2.05, 4.69) is 32.9 Å². The fourth-order valence-electron chi connectivity index (χ4n) is 3.04. The second-order valence-electron chi connectivity index (χ2n) is 10.4. The average molecular weight is 371 g/mol. The van der Waals surface area contributed by atoms with Crippen molar-refractivity contribution in [3.05, 3.63) is 53.6 Å². The van der Waals surface area contributed by atoms with Gasteiger partial charge in [0.05, 0.1) is 5.60 Å². The van der Waals surface area contributed by atoms with Crippen molar-refractivity contribution in [2.45, 2.75) is 73.5 Å². The van der Waals surface area contributed by atoms with Gasteiger partial charge in [-0.25, -0.2) is 9.78 Å². The van der Waals surface area contributed by atoms with E-state index in [4.69, 9.17) is 9.78 Å². The number of hydrogen-bond acceptors (Lipinski definition) is 3. The Kier molecular flexibility index (Phi) is 5.62. The van der Waals surface area contributed by atoms with Gasteiger partial charge in [-0.3, -0.25) is 4.79 Å². The van der Waals surface area contributed by atoms with Crippen LogP contribution in [-0.4, -0.2) is 17.0 Å². The predicted molar refractivity (Wildman–Crippen MR) is 111 cm³/mol. The lowest BCUT2D eigenvalue weighted by Gasteiger charge is -2.45. The number of allylic oxidation sites excluding steroid dienone is 2. The molecule has 0 saturated carbocycles. The van der Waals surface area contributed by atoms with Crippen molar-refractivity contribution in [1.82, 2.24) is 0 Å². The number of hydrogen-bond donors (Lipinski definition) is 0. The molecule has 0 radical (unpaired) electrons. The molecule has 0 saturated heterocycles. The zero-order valence-electron chi connectivity index (χ0n) is 18.3. The Hall–Kier alpha value is -1.71. The largest absolute Gasteiger partial charge is 0.291 e. The highest BCUT2D eigenvalue weighted by atomic mass is 17.2. The Bertz CT molecular complexity index is 750. The molecule has 1 unspecified atom stereocenters. The predicted octanol–water partition coefficient (Wildman–Crippen LogP) is 6.16. The van der Waals surface area contributed by atoms with Crippen molar-refractivity contribution in [2.75, 3.05) is 0 Å². The number of carbonyl (C=O) groups excluding carboxylic acids is 1. The van der Waals surface area contributed by atoms with Crippen molar-refractivity contribution in [1.29, 1.82) is 0 Å². The van der Waals surface area contributed by atoms with E-state index in [-0.39, 0.29) is 11.2 Å². The van der Waals surface area contributed by atoms with Crippen LogP contribution in [0, 0.1) is 10.8 Å². The fourth-order valence-corrected chi connectivity index (χ4v) is 3.04. The number of rotatable bonds is 3. The first-order valence-electron chi connectivity index (χ1n) is 9.59. The monoisotopic (exact) mass is 370 g/mol. The minimum Gasteiger partial charge on any atom is -0.291 e. The molecular weight excluding hydrogens is 336 g/mol. The van der Waals surface area contributed by atoms with Crippen molar-refractivity contribution in [3.8, 4) is 0 Å². The first kappa shape index (κ1) is 21.6. The Morgan fingerprint density at radius 1 is 0.852 bits per heavy atom. The number of benzene rings is 1. The molecule has 0 aromatic heterocycles. The highest BCUT2D eigenvalue weighted by Gasteiger charge is 2.54. The molecule has 1 aliphatic rings. The van der Waals surface area contributed by atoms with Crippen LogP contribution in [0.1, 0.15) is 67.9 Å². The van der Waals surface area contributed by atoms with E-state index in [1.54, 1.807) is 0 Å². The Morgan fingerprint density at radius 3 is 1.85 bits per heavy atom. The summed E-state index contributed by atoms with van der Waals surface area (Å²) in [4.78, 5) is 25.5. The second kappa shape index (κ2) is 7.03. The first-order chi connectivity index (χ1) is 12.2. The van der Waals surface area contributed by atoms with Gasteiger partial charge in [0, 0.05) is 11.0 Å². The van der Waals surface area contributed by atoms with Crippen LogP contribution in [0.3, 0.4) is 0 Å². The van der Waals surface area contributed by atoms with E-state index in [1.165, 1.54) is 0 Å². The van der Waals surface area contributed by atoms with Crippen LogP contribution in [0.25, 0.3) is 5.57 Å². The number of carbonyl (C=O) groups is 1. The van der Waals surface area contributed by atoms with Crippen molar-refractivity contribution in [2.24, 2.45) is 10.8 Å². The van der Waals surface area contributed by atoms with Crippen molar-refractivity contribution >= 4 is 11.4 Å². The van der Waals surface area contributed by atoms with Gasteiger partial charge in [-0.15, -0.1) is 0 Å². The zero-order valence-corrected chi connectivity index (χ0v) is 18.3. The van der Waals surface area contributed by atoms with Gasteiger partial charge in [-0.05, 0) is 49.5 Å². The van der Waals surface area contributed by atoms with E-state index < -0.39 is 16.6 Å². The summed E-state index contributed by atoms with van der Waals surface area (Å²) in [7, 11) is 0. The normalized spacial score (nSPS) is 21.7. The maximum Gasteiger partial charge on any atom is 0.199 e. The molecule has 0 heterocycles. The smallest absolute Gasteiger partial charge is 0.199 e. The van der Waals surface area contributed by atoms with Crippen LogP contribution in [0.2, 0.25) is 0 Å². The molecule has 0 spiro atoms. The molecular formula is C24H34O3. The van der Waals surface area contributed by atoms with Crippen LogP contribution in [0.4, 0.5) is 0 Å². The SMILES string of the molecule is CC(C)(C)OOC1(C(C)(C)C)C=C(c2ccccc2)C=C(C(C)(C)C)C1=O. The van der Waals surface area contributed by atoms with E-state index in [1.807, 2.05) is 71.9 Å². The molecule has 0 N–H and O–H groups in total. The van der Waals surface area contributed by atoms with Crippen molar-refractivity contribution < 1.29 is 14.6 Å². The molecule has 0 bridgehead atoms. The summed E-state index contributed by atoms with van der Waals surface area (Å²) in [6.07, 6.45) is 3.94. The summed E-state index contributed by atoms with van der Waals surface area (Å²) in [5.41, 5.74) is 0.238.